The Morgan fingerprint density at radius 2 is 2.27 bits per heavy atom. The lowest BCUT2D eigenvalue weighted by Crippen LogP contribution is -2.02. The molecule has 2 rings (SSSR count). The molecular formula is C10H13N3O2. The van der Waals surface area contributed by atoms with Crippen LogP contribution in [0.25, 0.3) is 11.5 Å². The van der Waals surface area contributed by atoms with Gasteiger partial charge in [0, 0.05) is 19.4 Å². The molecule has 0 saturated heterocycles. The van der Waals surface area contributed by atoms with Crippen molar-refractivity contribution < 1.29 is 8.83 Å². The zero-order chi connectivity index (χ0) is 10.7. The summed E-state index contributed by atoms with van der Waals surface area (Å²) in [6.07, 6.45) is 3.03. The standard InChI is InChI=1S/C10H13N3O2/c1-2-8-7(4-6-14-8)10-13-12-9(15-10)3-5-11/h4,6H,2-3,5,11H2,1H3. The van der Waals surface area contributed by atoms with Gasteiger partial charge in [0.25, 0.3) is 5.89 Å². The Kier molecular flexibility index (Phi) is 2.82. The molecule has 5 nitrogen and oxygen atoms in total. The summed E-state index contributed by atoms with van der Waals surface area (Å²) in [4.78, 5) is 0. The molecule has 0 aliphatic carbocycles. The lowest BCUT2D eigenvalue weighted by molar-refractivity contribution is 0.496. The first-order valence-electron chi connectivity index (χ1n) is 4.94. The molecule has 0 aliphatic rings. The van der Waals surface area contributed by atoms with Crippen LogP contribution in [0, 0.1) is 0 Å². The van der Waals surface area contributed by atoms with Gasteiger partial charge >= 0.3 is 0 Å². The lowest BCUT2D eigenvalue weighted by atomic mass is 10.2. The van der Waals surface area contributed by atoms with Crippen molar-refractivity contribution in [2.24, 2.45) is 5.73 Å². The van der Waals surface area contributed by atoms with Crippen LogP contribution in [-0.4, -0.2) is 16.7 Å². The maximum absolute atomic E-state index is 5.45. The van der Waals surface area contributed by atoms with Gasteiger partial charge in [0.05, 0.1) is 11.8 Å². The first kappa shape index (κ1) is 9.92. The van der Waals surface area contributed by atoms with E-state index in [0.717, 1.165) is 17.7 Å². The van der Waals surface area contributed by atoms with E-state index in [0.29, 0.717) is 24.7 Å². The van der Waals surface area contributed by atoms with Gasteiger partial charge in [-0.2, -0.15) is 0 Å². The number of aryl methyl sites for hydroxylation is 1. The molecule has 15 heavy (non-hydrogen) atoms. The van der Waals surface area contributed by atoms with Crippen LogP contribution in [0.5, 0.6) is 0 Å². The minimum Gasteiger partial charge on any atom is -0.469 e. The van der Waals surface area contributed by atoms with Gasteiger partial charge in [-0.05, 0) is 6.07 Å². The van der Waals surface area contributed by atoms with Crippen LogP contribution < -0.4 is 5.73 Å². The average molecular weight is 207 g/mol. The predicted molar refractivity (Wildman–Crippen MR) is 54.1 cm³/mol. The molecule has 2 aromatic heterocycles. The van der Waals surface area contributed by atoms with Crippen LogP contribution in [0.3, 0.4) is 0 Å². The van der Waals surface area contributed by atoms with Gasteiger partial charge < -0.3 is 14.6 Å². The third kappa shape index (κ3) is 1.92. The number of nitrogens with two attached hydrogens (primary N) is 1. The minimum atomic E-state index is 0.504. The van der Waals surface area contributed by atoms with Crippen molar-refractivity contribution in [1.29, 1.82) is 0 Å². The number of rotatable bonds is 4. The Labute approximate surface area is 87.3 Å². The van der Waals surface area contributed by atoms with E-state index in [1.165, 1.54) is 0 Å². The highest BCUT2D eigenvalue weighted by molar-refractivity contribution is 5.54. The summed E-state index contributed by atoms with van der Waals surface area (Å²) >= 11 is 0. The van der Waals surface area contributed by atoms with Gasteiger partial charge in [-0.15, -0.1) is 10.2 Å². The lowest BCUT2D eigenvalue weighted by Gasteiger charge is -1.92. The van der Waals surface area contributed by atoms with Gasteiger partial charge in [-0.25, -0.2) is 0 Å². The van der Waals surface area contributed by atoms with E-state index in [9.17, 15) is 0 Å². The molecule has 2 aromatic rings. The smallest absolute Gasteiger partial charge is 0.251 e. The van der Waals surface area contributed by atoms with Gasteiger partial charge in [-0.1, -0.05) is 6.92 Å². The van der Waals surface area contributed by atoms with Gasteiger partial charge in [-0.3, -0.25) is 0 Å². The molecule has 0 unspecified atom stereocenters. The fourth-order valence-corrected chi connectivity index (χ4v) is 1.39. The van der Waals surface area contributed by atoms with E-state index in [1.807, 2.05) is 13.0 Å². The van der Waals surface area contributed by atoms with Crippen LogP contribution in [0.1, 0.15) is 18.6 Å². The Balaban J connectivity index is 2.28. The largest absolute Gasteiger partial charge is 0.469 e. The van der Waals surface area contributed by atoms with E-state index < -0.39 is 0 Å². The van der Waals surface area contributed by atoms with Gasteiger partial charge in [0.1, 0.15) is 5.76 Å². The fraction of sp³-hybridized carbons (Fsp3) is 0.400. The zero-order valence-corrected chi connectivity index (χ0v) is 8.56. The topological polar surface area (TPSA) is 78.1 Å². The van der Waals surface area contributed by atoms with Crippen molar-refractivity contribution in [3.05, 3.63) is 24.0 Å². The monoisotopic (exact) mass is 207 g/mol. The van der Waals surface area contributed by atoms with Crippen LogP contribution in [-0.2, 0) is 12.8 Å². The highest BCUT2D eigenvalue weighted by Gasteiger charge is 2.13. The molecule has 0 atom stereocenters. The second-order valence-electron chi connectivity index (χ2n) is 3.15. The summed E-state index contributed by atoms with van der Waals surface area (Å²) in [7, 11) is 0. The molecule has 0 fully saturated rings. The normalized spacial score (nSPS) is 10.8. The van der Waals surface area contributed by atoms with Crippen molar-refractivity contribution in [1.82, 2.24) is 10.2 Å². The molecule has 0 aromatic carbocycles. The van der Waals surface area contributed by atoms with Crippen molar-refractivity contribution >= 4 is 0 Å². The third-order valence-corrected chi connectivity index (χ3v) is 2.12. The summed E-state index contributed by atoms with van der Waals surface area (Å²) < 4.78 is 10.7. The summed E-state index contributed by atoms with van der Waals surface area (Å²) in [6.45, 7) is 2.52. The Hall–Kier alpha value is -1.62. The molecule has 2 N–H and O–H groups in total. The second-order valence-corrected chi connectivity index (χ2v) is 3.15. The Morgan fingerprint density at radius 1 is 1.40 bits per heavy atom. The number of hydrogen-bond acceptors (Lipinski definition) is 5. The van der Waals surface area contributed by atoms with E-state index in [2.05, 4.69) is 10.2 Å². The molecule has 80 valence electrons. The SMILES string of the molecule is CCc1occc1-c1nnc(CCN)o1. The van der Waals surface area contributed by atoms with E-state index in [-0.39, 0.29) is 0 Å². The van der Waals surface area contributed by atoms with Crippen molar-refractivity contribution in [2.75, 3.05) is 6.54 Å². The average Bonchev–Trinajstić information content (AvgIpc) is 2.84. The molecule has 2 heterocycles. The van der Waals surface area contributed by atoms with Crippen LogP contribution >= 0.6 is 0 Å². The third-order valence-electron chi connectivity index (χ3n) is 2.12. The number of hydrogen-bond donors (Lipinski definition) is 1. The van der Waals surface area contributed by atoms with E-state index >= 15 is 0 Å². The van der Waals surface area contributed by atoms with Gasteiger partial charge in [0.2, 0.25) is 5.89 Å². The van der Waals surface area contributed by atoms with Crippen molar-refractivity contribution in [2.45, 2.75) is 19.8 Å². The summed E-state index contributed by atoms with van der Waals surface area (Å²) in [6, 6.07) is 1.83. The molecular weight excluding hydrogens is 194 g/mol. The molecule has 0 radical (unpaired) electrons. The maximum atomic E-state index is 5.45. The fourth-order valence-electron chi connectivity index (χ4n) is 1.39. The summed E-state index contributed by atoms with van der Waals surface area (Å²) in [5, 5.41) is 7.85. The van der Waals surface area contributed by atoms with Crippen LogP contribution in [0.4, 0.5) is 0 Å². The predicted octanol–water partition coefficient (Wildman–Crippen LogP) is 1.39. The quantitative estimate of drug-likeness (QED) is 0.819. The first-order valence-corrected chi connectivity index (χ1v) is 4.94. The van der Waals surface area contributed by atoms with Crippen molar-refractivity contribution in [3.8, 4) is 11.5 Å². The highest BCUT2D eigenvalue weighted by Crippen LogP contribution is 2.23. The van der Waals surface area contributed by atoms with Gasteiger partial charge in [0.15, 0.2) is 0 Å². The van der Waals surface area contributed by atoms with Crippen molar-refractivity contribution in [3.63, 3.8) is 0 Å². The summed E-state index contributed by atoms with van der Waals surface area (Å²) in [5.74, 6) is 1.93. The maximum Gasteiger partial charge on any atom is 0.251 e. The number of furan rings is 1. The van der Waals surface area contributed by atoms with Crippen LogP contribution in [0.15, 0.2) is 21.2 Å². The molecule has 0 spiro atoms. The highest BCUT2D eigenvalue weighted by atomic mass is 16.4. The van der Waals surface area contributed by atoms with E-state index in [4.69, 9.17) is 14.6 Å². The minimum absolute atomic E-state index is 0.504. The Morgan fingerprint density at radius 3 is 3.00 bits per heavy atom. The van der Waals surface area contributed by atoms with E-state index in [1.54, 1.807) is 6.26 Å². The summed E-state index contributed by atoms with van der Waals surface area (Å²) in [5.41, 5.74) is 6.27. The number of nitrogens with zero attached hydrogens (tertiary/aromatic N) is 2. The molecule has 0 amide bonds. The molecule has 0 aliphatic heterocycles. The molecule has 0 bridgehead atoms. The molecule has 5 heteroatoms. The zero-order valence-electron chi connectivity index (χ0n) is 8.56. The molecule has 0 saturated carbocycles. The number of aromatic nitrogens is 2. The Bertz CT molecular complexity index is 433. The van der Waals surface area contributed by atoms with Crippen LogP contribution in [0.2, 0.25) is 0 Å². The first-order chi connectivity index (χ1) is 7.35. The second kappa shape index (κ2) is 4.27.